The van der Waals surface area contributed by atoms with Crippen LogP contribution in [0.1, 0.15) is 39.4 Å². The Kier molecular flexibility index (Phi) is 4.49. The molecule has 0 unspecified atom stereocenters. The van der Waals surface area contributed by atoms with Gasteiger partial charge >= 0.3 is 10.2 Å². The van der Waals surface area contributed by atoms with Crippen molar-refractivity contribution in [2.24, 2.45) is 10.3 Å². The number of amides is 1. The summed E-state index contributed by atoms with van der Waals surface area (Å²) >= 11 is 0. The fourth-order valence-corrected chi connectivity index (χ4v) is 4.64. The Morgan fingerprint density at radius 1 is 1.24 bits per heavy atom. The van der Waals surface area contributed by atoms with E-state index < -0.39 is 10.2 Å². The predicted molar refractivity (Wildman–Crippen MR) is 94.2 cm³/mol. The molecular weight excluding hydrogens is 342 g/mol. The zero-order chi connectivity index (χ0) is 18.4. The zero-order valence-electron chi connectivity index (χ0n) is 14.8. The Morgan fingerprint density at radius 2 is 1.88 bits per heavy atom. The lowest BCUT2D eigenvalue weighted by Gasteiger charge is -2.43. The third kappa shape index (κ3) is 3.22. The zero-order valence-corrected chi connectivity index (χ0v) is 15.7. The monoisotopic (exact) mass is 365 g/mol. The van der Waals surface area contributed by atoms with Crippen LogP contribution in [0.2, 0.25) is 0 Å². The molecule has 136 valence electrons. The number of rotatable bonds is 2. The smallest absolute Gasteiger partial charge is 0.345 e. The van der Waals surface area contributed by atoms with Crippen molar-refractivity contribution in [2.45, 2.75) is 45.7 Å². The van der Waals surface area contributed by atoms with Crippen LogP contribution in [0.5, 0.6) is 0 Å². The number of likely N-dealkylation sites (N-methyl/N-ethyl adjacent to an activating group) is 1. The SMILES string of the molecule is CC1C[C@@H](C)N(C(=O)C2=CC(c3ccco3)=NS(=O)(=O)N2C)[C@H](C)C1. The van der Waals surface area contributed by atoms with E-state index in [0.29, 0.717) is 11.7 Å². The molecule has 8 heteroatoms. The van der Waals surface area contributed by atoms with Crippen LogP contribution >= 0.6 is 0 Å². The van der Waals surface area contributed by atoms with Crippen molar-refractivity contribution in [1.82, 2.24) is 9.21 Å². The molecule has 0 spiro atoms. The topological polar surface area (TPSA) is 83.2 Å². The lowest BCUT2D eigenvalue weighted by Crippen LogP contribution is -2.52. The van der Waals surface area contributed by atoms with Crippen LogP contribution in [0.15, 0.2) is 39.0 Å². The van der Waals surface area contributed by atoms with Crippen molar-refractivity contribution in [2.75, 3.05) is 7.05 Å². The van der Waals surface area contributed by atoms with Crippen LogP contribution in [-0.4, -0.2) is 48.4 Å². The second-order valence-electron chi connectivity index (χ2n) is 6.92. The first-order valence-electron chi connectivity index (χ1n) is 8.37. The number of carbonyl (C=O) groups excluding carboxylic acids is 1. The van der Waals surface area contributed by atoms with Gasteiger partial charge in [-0.15, -0.1) is 4.40 Å². The molecule has 0 radical (unpaired) electrons. The minimum absolute atomic E-state index is 0.0502. The summed E-state index contributed by atoms with van der Waals surface area (Å²) in [5.41, 5.74) is 0.229. The lowest BCUT2D eigenvalue weighted by molar-refractivity contribution is -0.134. The largest absolute Gasteiger partial charge is 0.463 e. The molecule has 2 atom stereocenters. The number of allylic oxidation sites excluding steroid dienone is 1. The highest BCUT2D eigenvalue weighted by Crippen LogP contribution is 2.30. The van der Waals surface area contributed by atoms with E-state index in [4.69, 9.17) is 4.42 Å². The molecule has 1 amide bonds. The molecule has 0 bridgehead atoms. The molecule has 1 fully saturated rings. The third-order valence-corrected chi connectivity index (χ3v) is 6.15. The van der Waals surface area contributed by atoms with E-state index >= 15 is 0 Å². The standard InChI is InChI=1S/C17H23N3O4S/c1-11-8-12(2)20(13(3)9-11)17(21)15-10-14(16-6-5-7-24-16)18-25(22,23)19(15)4/h5-7,10-13H,8-9H2,1-4H3/t12-,13-/m1/s1. The summed E-state index contributed by atoms with van der Waals surface area (Å²) in [5, 5.41) is 0. The third-order valence-electron chi connectivity index (χ3n) is 4.84. The fourth-order valence-electron chi connectivity index (χ4n) is 3.75. The van der Waals surface area contributed by atoms with Crippen LogP contribution in [-0.2, 0) is 15.0 Å². The summed E-state index contributed by atoms with van der Waals surface area (Å²) in [7, 11) is -2.62. The Labute approximate surface area is 148 Å². The molecule has 1 aromatic rings. The normalized spacial score (nSPS) is 29.2. The van der Waals surface area contributed by atoms with Crippen molar-refractivity contribution in [1.29, 1.82) is 0 Å². The van der Waals surface area contributed by atoms with Crippen molar-refractivity contribution >= 4 is 21.8 Å². The maximum atomic E-state index is 13.2. The first-order valence-corrected chi connectivity index (χ1v) is 9.77. The van der Waals surface area contributed by atoms with Gasteiger partial charge in [0.05, 0.1) is 6.26 Å². The molecule has 0 N–H and O–H groups in total. The summed E-state index contributed by atoms with van der Waals surface area (Å²) in [5.74, 6) is 0.559. The Morgan fingerprint density at radius 3 is 2.44 bits per heavy atom. The molecule has 1 aromatic heterocycles. The van der Waals surface area contributed by atoms with E-state index in [0.717, 1.165) is 17.1 Å². The summed E-state index contributed by atoms with van der Waals surface area (Å²) < 4.78 is 34.7. The minimum atomic E-state index is -3.97. The maximum Gasteiger partial charge on any atom is 0.345 e. The molecule has 0 saturated carbocycles. The highest BCUT2D eigenvalue weighted by atomic mass is 32.2. The first kappa shape index (κ1) is 17.7. The van der Waals surface area contributed by atoms with Gasteiger partial charge in [0, 0.05) is 19.1 Å². The minimum Gasteiger partial charge on any atom is -0.463 e. The van der Waals surface area contributed by atoms with Gasteiger partial charge < -0.3 is 9.32 Å². The molecular formula is C17H23N3O4S. The van der Waals surface area contributed by atoms with Crippen LogP contribution in [0, 0.1) is 5.92 Å². The van der Waals surface area contributed by atoms with Crippen molar-refractivity contribution in [3.8, 4) is 0 Å². The van der Waals surface area contributed by atoms with Crippen molar-refractivity contribution < 1.29 is 17.6 Å². The van der Waals surface area contributed by atoms with E-state index in [1.807, 2.05) is 13.8 Å². The van der Waals surface area contributed by atoms with Crippen molar-refractivity contribution in [3.63, 3.8) is 0 Å². The Bertz CT molecular complexity index is 814. The highest BCUT2D eigenvalue weighted by molar-refractivity contribution is 7.88. The Balaban J connectivity index is 1.99. The molecule has 0 aromatic carbocycles. The van der Waals surface area contributed by atoms with Gasteiger partial charge in [-0.2, -0.15) is 8.42 Å². The number of carbonyl (C=O) groups is 1. The van der Waals surface area contributed by atoms with Gasteiger partial charge in [-0.1, -0.05) is 6.92 Å². The first-order chi connectivity index (χ1) is 11.7. The van der Waals surface area contributed by atoms with Gasteiger partial charge in [-0.25, -0.2) is 4.31 Å². The van der Waals surface area contributed by atoms with E-state index in [9.17, 15) is 13.2 Å². The Hall–Kier alpha value is -2.09. The summed E-state index contributed by atoms with van der Waals surface area (Å²) in [6.45, 7) is 6.18. The van der Waals surface area contributed by atoms with Gasteiger partial charge in [-0.3, -0.25) is 4.79 Å². The van der Waals surface area contributed by atoms with Crippen LogP contribution in [0.3, 0.4) is 0 Å². The van der Waals surface area contributed by atoms with Gasteiger partial charge in [0.25, 0.3) is 5.91 Å². The number of piperidine rings is 1. The van der Waals surface area contributed by atoms with Crippen molar-refractivity contribution in [3.05, 3.63) is 35.9 Å². The second-order valence-corrected chi connectivity index (χ2v) is 8.54. The van der Waals surface area contributed by atoms with Crippen LogP contribution < -0.4 is 0 Å². The number of hydrogen-bond acceptors (Lipinski definition) is 4. The quantitative estimate of drug-likeness (QED) is 0.804. The summed E-state index contributed by atoms with van der Waals surface area (Å²) in [4.78, 5) is 14.9. The van der Waals surface area contributed by atoms with Crippen LogP contribution in [0.4, 0.5) is 0 Å². The van der Waals surface area contributed by atoms with E-state index in [2.05, 4.69) is 11.3 Å². The van der Waals surface area contributed by atoms with E-state index in [1.165, 1.54) is 19.4 Å². The lowest BCUT2D eigenvalue weighted by atomic mass is 9.88. The molecule has 0 aliphatic carbocycles. The molecule has 3 rings (SSSR count). The molecule has 2 aliphatic heterocycles. The molecule has 7 nitrogen and oxygen atoms in total. The molecule has 25 heavy (non-hydrogen) atoms. The second kappa shape index (κ2) is 6.33. The maximum absolute atomic E-state index is 13.2. The predicted octanol–water partition coefficient (Wildman–Crippen LogP) is 2.18. The average molecular weight is 365 g/mol. The van der Waals surface area contributed by atoms with Gasteiger partial charge in [0.15, 0.2) is 5.76 Å². The summed E-state index contributed by atoms with van der Waals surface area (Å²) in [6.07, 6.45) is 4.73. The number of likely N-dealkylation sites (tertiary alicyclic amines) is 1. The molecule has 1 saturated heterocycles. The number of furan rings is 1. The summed E-state index contributed by atoms with van der Waals surface area (Å²) in [6, 6.07) is 3.36. The number of nitrogens with zero attached hydrogens (tertiary/aromatic N) is 3. The highest BCUT2D eigenvalue weighted by Gasteiger charge is 2.38. The van der Waals surface area contributed by atoms with Gasteiger partial charge in [-0.05, 0) is 50.8 Å². The number of hydrogen-bond donors (Lipinski definition) is 0. The molecule has 2 aliphatic rings. The van der Waals surface area contributed by atoms with E-state index in [-0.39, 0.29) is 29.4 Å². The average Bonchev–Trinajstić information content (AvgIpc) is 3.02. The van der Waals surface area contributed by atoms with Crippen LogP contribution in [0.25, 0.3) is 0 Å². The fraction of sp³-hybridized carbons (Fsp3) is 0.529. The molecule has 3 heterocycles. The van der Waals surface area contributed by atoms with Gasteiger partial charge in [0.1, 0.15) is 11.4 Å². The van der Waals surface area contributed by atoms with Gasteiger partial charge in [0.2, 0.25) is 0 Å². The van der Waals surface area contributed by atoms with E-state index in [1.54, 1.807) is 17.0 Å².